The number of nitrogens with zero attached hydrogens (tertiary/aromatic N) is 1. The summed E-state index contributed by atoms with van der Waals surface area (Å²) in [5.41, 5.74) is 1.05. The number of aromatic nitrogens is 1. The number of hydrogen-bond acceptors (Lipinski definition) is 3. The Morgan fingerprint density at radius 2 is 2.17 bits per heavy atom. The molecule has 0 N–H and O–H groups in total. The van der Waals surface area contributed by atoms with Crippen LogP contribution in [0.3, 0.4) is 0 Å². The third kappa shape index (κ3) is 3.82. The van der Waals surface area contributed by atoms with Crippen molar-refractivity contribution in [3.8, 4) is 0 Å². The second kappa shape index (κ2) is 6.90. The van der Waals surface area contributed by atoms with Gasteiger partial charge < -0.3 is 0 Å². The molecule has 2 rings (SSSR count). The molecule has 96 valence electrons. The molecule has 4 heteroatoms. The first kappa shape index (κ1) is 13.6. The lowest BCUT2D eigenvalue weighted by Crippen LogP contribution is -1.86. The van der Waals surface area contributed by atoms with Gasteiger partial charge >= 0.3 is 0 Å². The molecular weight excluding hydrogens is 265 g/mol. The van der Waals surface area contributed by atoms with E-state index in [1.54, 1.807) is 17.4 Å². The first-order chi connectivity index (χ1) is 8.79. The van der Waals surface area contributed by atoms with E-state index in [9.17, 15) is 4.39 Å². The van der Waals surface area contributed by atoms with Gasteiger partial charge in [0, 0.05) is 16.0 Å². The zero-order valence-electron chi connectivity index (χ0n) is 10.4. The predicted octanol–water partition coefficient (Wildman–Crippen LogP) is 4.92. The Hall–Kier alpha value is -0.870. The van der Waals surface area contributed by atoms with Gasteiger partial charge in [-0.15, -0.1) is 23.1 Å². The average molecular weight is 281 g/mol. The number of thioether (sulfide) groups is 1. The number of thiazole rings is 1. The lowest BCUT2D eigenvalue weighted by molar-refractivity contribution is 0.602. The zero-order valence-corrected chi connectivity index (χ0v) is 12.0. The number of aryl methyl sites for hydroxylation is 1. The second-order valence-electron chi connectivity index (χ2n) is 4.06. The van der Waals surface area contributed by atoms with Crippen molar-refractivity contribution in [3.05, 3.63) is 46.2 Å². The molecule has 2 aromatic rings. The molecule has 0 saturated heterocycles. The van der Waals surface area contributed by atoms with E-state index in [1.165, 1.54) is 35.7 Å². The summed E-state index contributed by atoms with van der Waals surface area (Å²) in [6, 6.07) is 6.88. The van der Waals surface area contributed by atoms with Crippen LogP contribution in [0.15, 0.2) is 34.5 Å². The monoisotopic (exact) mass is 281 g/mol. The average Bonchev–Trinajstić information content (AvgIpc) is 2.83. The van der Waals surface area contributed by atoms with Gasteiger partial charge in [-0.2, -0.15) is 0 Å². The summed E-state index contributed by atoms with van der Waals surface area (Å²) >= 11 is 3.22. The molecule has 18 heavy (non-hydrogen) atoms. The second-order valence-corrected chi connectivity index (χ2v) is 6.02. The number of benzene rings is 1. The van der Waals surface area contributed by atoms with Gasteiger partial charge in [0.2, 0.25) is 0 Å². The van der Waals surface area contributed by atoms with Crippen LogP contribution >= 0.6 is 23.1 Å². The molecule has 1 aromatic carbocycles. The summed E-state index contributed by atoms with van der Waals surface area (Å²) in [6.45, 7) is 2.18. The summed E-state index contributed by atoms with van der Waals surface area (Å²) in [4.78, 5) is 5.26. The third-order valence-corrected chi connectivity index (χ3v) is 4.60. The number of halogens is 1. The summed E-state index contributed by atoms with van der Waals surface area (Å²) in [5.74, 6) is 0.591. The molecule has 0 amide bonds. The zero-order chi connectivity index (χ0) is 12.8. The molecule has 0 radical (unpaired) electrons. The summed E-state index contributed by atoms with van der Waals surface area (Å²) in [7, 11) is 0. The fourth-order valence-corrected chi connectivity index (χ4v) is 3.35. The minimum absolute atomic E-state index is 0.149. The molecule has 1 nitrogen and oxygen atoms in total. The van der Waals surface area contributed by atoms with Crippen LogP contribution in [0, 0.1) is 5.82 Å². The molecule has 0 aliphatic carbocycles. The maximum Gasteiger partial charge on any atom is 0.136 e. The van der Waals surface area contributed by atoms with Gasteiger partial charge in [0.05, 0.1) is 10.7 Å². The van der Waals surface area contributed by atoms with Crippen LogP contribution in [0.25, 0.3) is 0 Å². The van der Waals surface area contributed by atoms with Crippen LogP contribution in [0.1, 0.15) is 30.5 Å². The van der Waals surface area contributed by atoms with E-state index in [0.29, 0.717) is 4.90 Å². The van der Waals surface area contributed by atoms with Crippen molar-refractivity contribution in [2.24, 2.45) is 0 Å². The number of hydrogen-bond donors (Lipinski definition) is 0. The van der Waals surface area contributed by atoms with Crippen LogP contribution in [-0.4, -0.2) is 4.98 Å². The normalized spacial score (nSPS) is 10.8. The third-order valence-electron chi connectivity index (χ3n) is 2.56. The fourth-order valence-electron chi connectivity index (χ4n) is 1.57. The van der Waals surface area contributed by atoms with Crippen LogP contribution in [0.5, 0.6) is 0 Å². The van der Waals surface area contributed by atoms with Crippen molar-refractivity contribution in [2.75, 3.05) is 0 Å². The van der Waals surface area contributed by atoms with Crippen molar-refractivity contribution < 1.29 is 4.39 Å². The van der Waals surface area contributed by atoms with Crippen molar-refractivity contribution in [1.29, 1.82) is 0 Å². The molecule has 1 heterocycles. The molecule has 0 unspecified atom stereocenters. The highest BCUT2D eigenvalue weighted by Crippen LogP contribution is 2.26. The molecule has 0 aliphatic rings. The maximum absolute atomic E-state index is 13.4. The molecule has 0 atom stereocenters. The van der Waals surface area contributed by atoms with E-state index in [0.717, 1.165) is 17.9 Å². The first-order valence-electron chi connectivity index (χ1n) is 6.10. The quantitative estimate of drug-likeness (QED) is 0.697. The highest BCUT2D eigenvalue weighted by Gasteiger charge is 2.05. The van der Waals surface area contributed by atoms with Gasteiger partial charge in [-0.05, 0) is 25.0 Å². The SMILES string of the molecule is CCCCc1nc(CSc2ccccc2F)cs1. The first-order valence-corrected chi connectivity index (χ1v) is 7.96. The van der Waals surface area contributed by atoms with Crippen LogP contribution in [0.4, 0.5) is 4.39 Å². The molecular formula is C14H16FNS2. The standard InChI is InChI=1S/C14H16FNS2/c1-2-3-8-14-16-11(10-18-14)9-17-13-7-5-4-6-12(13)15/h4-7,10H,2-3,8-9H2,1H3. The Kier molecular flexibility index (Phi) is 5.20. The van der Waals surface area contributed by atoms with E-state index in [2.05, 4.69) is 17.3 Å². The molecule has 0 aliphatic heterocycles. The highest BCUT2D eigenvalue weighted by atomic mass is 32.2. The smallest absolute Gasteiger partial charge is 0.136 e. The lowest BCUT2D eigenvalue weighted by atomic mass is 10.3. The number of unbranched alkanes of at least 4 members (excludes halogenated alkanes) is 1. The van der Waals surface area contributed by atoms with Gasteiger partial charge in [0.25, 0.3) is 0 Å². The minimum Gasteiger partial charge on any atom is -0.245 e. The highest BCUT2D eigenvalue weighted by molar-refractivity contribution is 7.98. The van der Waals surface area contributed by atoms with Gasteiger partial charge in [-0.3, -0.25) is 0 Å². The van der Waals surface area contributed by atoms with Crippen molar-refractivity contribution >= 4 is 23.1 Å². The lowest BCUT2D eigenvalue weighted by Gasteiger charge is -2.00. The van der Waals surface area contributed by atoms with Crippen LogP contribution in [0.2, 0.25) is 0 Å². The van der Waals surface area contributed by atoms with E-state index >= 15 is 0 Å². The predicted molar refractivity (Wildman–Crippen MR) is 76.7 cm³/mol. The Bertz CT molecular complexity index is 496. The van der Waals surface area contributed by atoms with E-state index in [4.69, 9.17) is 0 Å². The van der Waals surface area contributed by atoms with Gasteiger partial charge in [0.15, 0.2) is 0 Å². The van der Waals surface area contributed by atoms with Crippen LogP contribution in [-0.2, 0) is 12.2 Å². The minimum atomic E-state index is -0.149. The fraction of sp³-hybridized carbons (Fsp3) is 0.357. The van der Waals surface area contributed by atoms with E-state index in [1.807, 2.05) is 12.1 Å². The van der Waals surface area contributed by atoms with Gasteiger partial charge in [-0.1, -0.05) is 25.5 Å². The van der Waals surface area contributed by atoms with Crippen LogP contribution < -0.4 is 0 Å². The Morgan fingerprint density at radius 1 is 1.33 bits per heavy atom. The summed E-state index contributed by atoms with van der Waals surface area (Å²) in [5, 5.41) is 3.28. The molecule has 0 saturated carbocycles. The van der Waals surface area contributed by atoms with E-state index < -0.39 is 0 Å². The Labute approximate surface area is 115 Å². The largest absolute Gasteiger partial charge is 0.245 e. The van der Waals surface area contributed by atoms with Gasteiger partial charge in [-0.25, -0.2) is 9.37 Å². The van der Waals surface area contributed by atoms with E-state index in [-0.39, 0.29) is 5.82 Å². The van der Waals surface area contributed by atoms with Crippen molar-refractivity contribution in [1.82, 2.24) is 4.98 Å². The molecule has 0 bridgehead atoms. The molecule has 0 fully saturated rings. The number of rotatable bonds is 6. The van der Waals surface area contributed by atoms with Crippen molar-refractivity contribution in [2.45, 2.75) is 36.8 Å². The maximum atomic E-state index is 13.4. The summed E-state index contributed by atoms with van der Waals surface area (Å²) in [6.07, 6.45) is 3.44. The Balaban J connectivity index is 1.90. The Morgan fingerprint density at radius 3 is 2.94 bits per heavy atom. The molecule has 0 spiro atoms. The summed E-state index contributed by atoms with van der Waals surface area (Å²) < 4.78 is 13.4. The van der Waals surface area contributed by atoms with Crippen molar-refractivity contribution in [3.63, 3.8) is 0 Å². The van der Waals surface area contributed by atoms with Gasteiger partial charge in [0.1, 0.15) is 5.82 Å². The topological polar surface area (TPSA) is 12.9 Å². The molecule has 1 aromatic heterocycles.